The van der Waals surface area contributed by atoms with Crippen LogP contribution in [0.1, 0.15) is 136 Å². The largest absolute Gasteiger partial charge is 0.394 e. The van der Waals surface area contributed by atoms with Crippen molar-refractivity contribution >= 4 is 5.91 Å². The number of carbonyl (C=O) groups is 1. The minimum absolute atomic E-state index is 0.267. The summed E-state index contributed by atoms with van der Waals surface area (Å²) in [6.07, 6.45) is 10.1. The quantitative estimate of drug-likeness (QED) is 0.0730. The number of carbonyl (C=O) groups excluding carboxylic acids is 1. The van der Waals surface area contributed by atoms with Gasteiger partial charge in [0, 0.05) is 6.42 Å². The van der Waals surface area contributed by atoms with Crippen LogP contribution in [0.5, 0.6) is 0 Å². The van der Waals surface area contributed by atoms with Crippen LogP contribution in [0.4, 0.5) is 0 Å². The molecule has 1 aliphatic heterocycles. The van der Waals surface area contributed by atoms with Crippen LogP contribution in [0.25, 0.3) is 0 Å². The van der Waals surface area contributed by atoms with Gasteiger partial charge in [-0.15, -0.1) is 0 Å². The first kappa shape index (κ1) is 39.2. The maximum Gasteiger partial charge on any atom is 0.220 e. The van der Waals surface area contributed by atoms with E-state index in [2.05, 4.69) is 19.2 Å². The molecular weight excluding hydrogens is 542 g/mol. The Kier molecular flexibility index (Phi) is 22.8. The summed E-state index contributed by atoms with van der Waals surface area (Å²) in [5.74, 6) is -0.267. The van der Waals surface area contributed by atoms with Gasteiger partial charge in [0.05, 0.1) is 25.4 Å². The summed E-state index contributed by atoms with van der Waals surface area (Å²) in [6, 6.07) is -0.979. The van der Waals surface area contributed by atoms with E-state index >= 15 is 0 Å². The second kappa shape index (κ2) is 24.5. The molecule has 10 nitrogen and oxygen atoms in total. The van der Waals surface area contributed by atoms with E-state index in [1.54, 1.807) is 0 Å². The molecule has 1 aliphatic rings. The number of amides is 1. The Morgan fingerprint density at radius 3 is 1.76 bits per heavy atom. The van der Waals surface area contributed by atoms with Gasteiger partial charge in [-0.2, -0.15) is 0 Å². The summed E-state index contributed by atoms with van der Waals surface area (Å²) in [5, 5.41) is 64.3. The Balaban J connectivity index is 2.58. The van der Waals surface area contributed by atoms with Crippen molar-refractivity contribution in [3.63, 3.8) is 0 Å². The molecule has 1 rings (SSSR count). The van der Waals surface area contributed by atoms with Gasteiger partial charge in [0.2, 0.25) is 5.91 Å². The molecule has 250 valence electrons. The van der Waals surface area contributed by atoms with Gasteiger partial charge in [-0.3, -0.25) is 4.79 Å². The molecule has 0 aromatic heterocycles. The number of rotatable bonds is 26. The zero-order chi connectivity index (χ0) is 31.2. The highest BCUT2D eigenvalue weighted by molar-refractivity contribution is 5.76. The highest BCUT2D eigenvalue weighted by Gasteiger charge is 2.44. The average Bonchev–Trinajstić information content (AvgIpc) is 2.98. The lowest BCUT2D eigenvalue weighted by molar-refractivity contribution is -0.303. The third-order valence-electron chi connectivity index (χ3n) is 8.30. The van der Waals surface area contributed by atoms with Crippen LogP contribution in [0.2, 0.25) is 0 Å². The van der Waals surface area contributed by atoms with Crippen LogP contribution >= 0.6 is 0 Å². The molecule has 0 bridgehead atoms. The van der Waals surface area contributed by atoms with Gasteiger partial charge in [0.25, 0.3) is 0 Å². The molecule has 0 saturated carbocycles. The predicted octanol–water partition coefficient (Wildman–Crippen LogP) is 3.46. The van der Waals surface area contributed by atoms with Crippen LogP contribution in [-0.2, 0) is 14.3 Å². The average molecular weight is 606 g/mol. The number of ether oxygens (including phenoxy) is 2. The first-order valence-electron chi connectivity index (χ1n) is 16.8. The fraction of sp³-hybridized carbons (Fsp3) is 0.969. The predicted molar refractivity (Wildman–Crippen MR) is 163 cm³/mol. The molecule has 2 unspecified atom stereocenters. The van der Waals surface area contributed by atoms with Crippen molar-refractivity contribution < 1.29 is 44.9 Å². The Morgan fingerprint density at radius 2 is 1.24 bits per heavy atom. The van der Waals surface area contributed by atoms with Gasteiger partial charge in [-0.1, -0.05) is 117 Å². The maximum absolute atomic E-state index is 12.7. The fourth-order valence-corrected chi connectivity index (χ4v) is 5.43. The van der Waals surface area contributed by atoms with Gasteiger partial charge in [-0.25, -0.2) is 0 Å². The third kappa shape index (κ3) is 16.3. The lowest BCUT2D eigenvalue weighted by Gasteiger charge is -2.40. The fourth-order valence-electron chi connectivity index (χ4n) is 5.43. The van der Waals surface area contributed by atoms with Crippen LogP contribution < -0.4 is 5.32 Å². The Morgan fingerprint density at radius 1 is 0.738 bits per heavy atom. The van der Waals surface area contributed by atoms with Crippen LogP contribution in [0, 0.1) is 0 Å². The first-order chi connectivity index (χ1) is 20.3. The summed E-state index contributed by atoms with van der Waals surface area (Å²) in [5.41, 5.74) is 0. The zero-order valence-electron chi connectivity index (χ0n) is 26.4. The molecule has 0 aliphatic carbocycles. The number of unbranched alkanes of at least 4 members (excludes halogenated alkanes) is 15. The molecular formula is C32H63NO9. The summed E-state index contributed by atoms with van der Waals surface area (Å²) >= 11 is 0. The first-order valence-corrected chi connectivity index (χ1v) is 16.8. The normalized spacial score (nSPS) is 24.8. The molecule has 8 atom stereocenters. The Bertz CT molecular complexity index is 653. The lowest BCUT2D eigenvalue weighted by atomic mass is 9.98. The highest BCUT2D eigenvalue weighted by Crippen LogP contribution is 2.23. The Hall–Kier alpha value is -0.850. The highest BCUT2D eigenvalue weighted by atomic mass is 16.7. The minimum atomic E-state index is -1.60. The summed E-state index contributed by atoms with van der Waals surface area (Å²) in [7, 11) is 0. The number of hydrogen-bond donors (Lipinski definition) is 7. The van der Waals surface area contributed by atoms with Crippen molar-refractivity contribution in [2.45, 2.75) is 185 Å². The van der Waals surface area contributed by atoms with E-state index in [-0.39, 0.29) is 18.9 Å². The van der Waals surface area contributed by atoms with E-state index in [0.717, 1.165) is 51.4 Å². The van der Waals surface area contributed by atoms with Crippen molar-refractivity contribution in [2.24, 2.45) is 0 Å². The van der Waals surface area contributed by atoms with Crippen molar-refractivity contribution in [1.82, 2.24) is 5.32 Å². The second-order valence-corrected chi connectivity index (χ2v) is 12.1. The molecule has 0 radical (unpaired) electrons. The molecule has 0 aromatic rings. The van der Waals surface area contributed by atoms with E-state index in [1.165, 1.54) is 57.8 Å². The van der Waals surface area contributed by atoms with Gasteiger partial charge in [0.1, 0.15) is 30.5 Å². The van der Waals surface area contributed by atoms with Crippen molar-refractivity contribution in [2.75, 3.05) is 13.2 Å². The second-order valence-electron chi connectivity index (χ2n) is 12.1. The summed E-state index contributed by atoms with van der Waals surface area (Å²) in [4.78, 5) is 12.7. The molecule has 1 fully saturated rings. The van der Waals surface area contributed by atoms with E-state index in [1.807, 2.05) is 0 Å². The van der Waals surface area contributed by atoms with Crippen molar-refractivity contribution in [3.8, 4) is 0 Å². The van der Waals surface area contributed by atoms with Crippen LogP contribution in [-0.4, -0.2) is 98.7 Å². The number of hydrogen-bond acceptors (Lipinski definition) is 9. The van der Waals surface area contributed by atoms with Gasteiger partial charge < -0.3 is 45.4 Å². The standard InChI is InChI=1S/C32H63NO9/c1-3-5-7-9-11-12-13-15-16-18-20-25(35)28(37)24(33-27(36)21-19-17-14-10-8-6-4-2)23-41-32-31(40)30(39)29(38)26(22-34)42-32/h24-26,28-32,34-35,37-40H,3-23H2,1-2H3,(H,33,36)/t24-,25+,26+,28-,29+,30?,31?,32+/m0/s1. The van der Waals surface area contributed by atoms with Crippen molar-refractivity contribution in [3.05, 3.63) is 0 Å². The SMILES string of the molecule is CCCCCCCCCCCC[C@@H](O)[C@@H](O)[C@H](CO[C@@H]1O[C@H](CO)[C@@H](O)C(O)C1O)NC(=O)CCCCCCCCC. The summed E-state index contributed by atoms with van der Waals surface area (Å²) in [6.45, 7) is 3.49. The topological polar surface area (TPSA) is 169 Å². The molecule has 1 heterocycles. The number of aliphatic hydroxyl groups excluding tert-OH is 6. The zero-order valence-corrected chi connectivity index (χ0v) is 26.4. The summed E-state index contributed by atoms with van der Waals surface area (Å²) < 4.78 is 11.0. The van der Waals surface area contributed by atoms with E-state index < -0.39 is 55.6 Å². The third-order valence-corrected chi connectivity index (χ3v) is 8.30. The van der Waals surface area contributed by atoms with Gasteiger partial charge >= 0.3 is 0 Å². The van der Waals surface area contributed by atoms with E-state index in [4.69, 9.17) is 9.47 Å². The van der Waals surface area contributed by atoms with E-state index in [0.29, 0.717) is 6.42 Å². The smallest absolute Gasteiger partial charge is 0.220 e. The molecule has 0 aromatic carbocycles. The van der Waals surface area contributed by atoms with Crippen LogP contribution in [0.3, 0.4) is 0 Å². The maximum atomic E-state index is 12.7. The number of aliphatic hydroxyl groups is 6. The van der Waals surface area contributed by atoms with Crippen molar-refractivity contribution in [1.29, 1.82) is 0 Å². The monoisotopic (exact) mass is 605 g/mol. The number of nitrogens with one attached hydrogen (secondary N) is 1. The molecule has 1 amide bonds. The molecule has 7 N–H and O–H groups in total. The minimum Gasteiger partial charge on any atom is -0.394 e. The molecule has 42 heavy (non-hydrogen) atoms. The van der Waals surface area contributed by atoms with Gasteiger partial charge in [-0.05, 0) is 12.8 Å². The Labute approximate surface area is 254 Å². The van der Waals surface area contributed by atoms with Crippen LogP contribution in [0.15, 0.2) is 0 Å². The lowest BCUT2D eigenvalue weighted by Crippen LogP contribution is -2.60. The molecule has 0 spiro atoms. The van der Waals surface area contributed by atoms with E-state index in [9.17, 15) is 35.4 Å². The molecule has 1 saturated heterocycles. The molecule has 10 heteroatoms. The van der Waals surface area contributed by atoms with Gasteiger partial charge in [0.15, 0.2) is 6.29 Å².